The number of amides is 1. The van der Waals surface area contributed by atoms with E-state index in [0.29, 0.717) is 17.9 Å². The summed E-state index contributed by atoms with van der Waals surface area (Å²) in [6, 6.07) is 0. The van der Waals surface area contributed by atoms with Crippen molar-refractivity contribution in [3.05, 3.63) is 0 Å². The lowest BCUT2D eigenvalue weighted by Gasteiger charge is -2.46. The van der Waals surface area contributed by atoms with Crippen molar-refractivity contribution in [1.82, 2.24) is 4.90 Å². The van der Waals surface area contributed by atoms with E-state index in [1.807, 2.05) is 6.92 Å². The smallest absolute Gasteiger partial charge is 0.409 e. The van der Waals surface area contributed by atoms with Crippen molar-refractivity contribution >= 4 is 6.09 Å². The Hall–Kier alpha value is -0.730. The minimum atomic E-state index is -0.157. The lowest BCUT2D eigenvalue weighted by Crippen LogP contribution is -2.55. The van der Waals surface area contributed by atoms with Crippen molar-refractivity contribution in [3.8, 4) is 0 Å². The first-order valence-electron chi connectivity index (χ1n) is 5.43. The van der Waals surface area contributed by atoms with Crippen LogP contribution in [0.25, 0.3) is 0 Å². The highest BCUT2D eigenvalue weighted by molar-refractivity contribution is 5.68. The van der Waals surface area contributed by atoms with Crippen molar-refractivity contribution in [2.75, 3.05) is 19.7 Å². The quantitative estimate of drug-likeness (QED) is 0.699. The average molecular weight is 199 g/mol. The van der Waals surface area contributed by atoms with E-state index in [0.717, 1.165) is 19.5 Å². The normalized spacial score (nSPS) is 17.9. The van der Waals surface area contributed by atoms with Crippen LogP contribution in [0.4, 0.5) is 4.79 Å². The van der Waals surface area contributed by atoms with Crippen LogP contribution in [0.3, 0.4) is 0 Å². The first-order chi connectivity index (χ1) is 6.51. The first kappa shape index (κ1) is 11.3. The molecule has 82 valence electrons. The zero-order valence-corrected chi connectivity index (χ0v) is 9.67. The molecule has 3 nitrogen and oxygen atoms in total. The van der Waals surface area contributed by atoms with Crippen LogP contribution in [0, 0.1) is 11.3 Å². The lowest BCUT2D eigenvalue weighted by molar-refractivity contribution is 0.00814. The van der Waals surface area contributed by atoms with Gasteiger partial charge in [-0.05, 0) is 18.3 Å². The van der Waals surface area contributed by atoms with Crippen LogP contribution in [0.15, 0.2) is 0 Å². The monoisotopic (exact) mass is 199 g/mol. The van der Waals surface area contributed by atoms with Crippen LogP contribution in [-0.2, 0) is 4.74 Å². The summed E-state index contributed by atoms with van der Waals surface area (Å²) >= 11 is 0. The molecular formula is C11H21NO2. The fourth-order valence-electron chi connectivity index (χ4n) is 1.63. The predicted molar refractivity (Wildman–Crippen MR) is 56.2 cm³/mol. The van der Waals surface area contributed by atoms with Crippen LogP contribution >= 0.6 is 0 Å². The van der Waals surface area contributed by atoms with Gasteiger partial charge in [0.2, 0.25) is 0 Å². The maximum Gasteiger partial charge on any atom is 0.409 e. The number of rotatable bonds is 3. The standard InChI is InChI=1S/C11H21NO2/c1-5-11(3,4)9-7-12(8-9)10(13)14-6-2/h9H,5-8H2,1-4H3. The Morgan fingerprint density at radius 1 is 1.43 bits per heavy atom. The molecule has 0 aromatic rings. The molecule has 0 N–H and O–H groups in total. The van der Waals surface area contributed by atoms with E-state index in [1.54, 1.807) is 4.90 Å². The summed E-state index contributed by atoms with van der Waals surface area (Å²) < 4.78 is 4.93. The summed E-state index contributed by atoms with van der Waals surface area (Å²) in [6.45, 7) is 10.8. The summed E-state index contributed by atoms with van der Waals surface area (Å²) in [7, 11) is 0. The Labute approximate surface area is 86.4 Å². The largest absolute Gasteiger partial charge is 0.450 e. The van der Waals surface area contributed by atoms with Gasteiger partial charge in [-0.15, -0.1) is 0 Å². The molecule has 1 fully saturated rings. The molecule has 0 aromatic carbocycles. The van der Waals surface area contributed by atoms with Gasteiger partial charge in [-0.3, -0.25) is 0 Å². The molecule has 1 rings (SSSR count). The number of nitrogens with zero attached hydrogens (tertiary/aromatic N) is 1. The highest BCUT2D eigenvalue weighted by Gasteiger charge is 2.40. The second kappa shape index (κ2) is 4.20. The SMILES string of the molecule is CCOC(=O)N1CC(C(C)(C)CC)C1. The molecular weight excluding hydrogens is 178 g/mol. The zero-order chi connectivity index (χ0) is 10.8. The highest BCUT2D eigenvalue weighted by Crippen LogP contribution is 2.36. The average Bonchev–Trinajstić information content (AvgIpc) is 2.01. The van der Waals surface area contributed by atoms with E-state index in [4.69, 9.17) is 4.74 Å². The first-order valence-corrected chi connectivity index (χ1v) is 5.43. The van der Waals surface area contributed by atoms with Crippen LogP contribution in [-0.4, -0.2) is 30.7 Å². The Kier molecular flexibility index (Phi) is 3.40. The van der Waals surface area contributed by atoms with E-state index in [-0.39, 0.29) is 6.09 Å². The third-order valence-electron chi connectivity index (χ3n) is 3.42. The third kappa shape index (κ3) is 2.20. The van der Waals surface area contributed by atoms with Gasteiger partial charge in [0.25, 0.3) is 0 Å². The van der Waals surface area contributed by atoms with Gasteiger partial charge in [0.15, 0.2) is 0 Å². The number of hydrogen-bond donors (Lipinski definition) is 0. The van der Waals surface area contributed by atoms with E-state index in [2.05, 4.69) is 20.8 Å². The van der Waals surface area contributed by atoms with Gasteiger partial charge in [-0.25, -0.2) is 4.79 Å². The fourth-order valence-corrected chi connectivity index (χ4v) is 1.63. The molecule has 0 aromatic heterocycles. The molecule has 0 saturated carbocycles. The molecule has 0 atom stereocenters. The van der Waals surface area contributed by atoms with Crippen molar-refractivity contribution in [2.45, 2.75) is 34.1 Å². The van der Waals surface area contributed by atoms with Gasteiger partial charge in [0.1, 0.15) is 0 Å². The predicted octanol–water partition coefficient (Wildman–Crippen LogP) is 2.51. The van der Waals surface area contributed by atoms with Crippen LogP contribution in [0.2, 0.25) is 0 Å². The summed E-state index contributed by atoms with van der Waals surface area (Å²) in [5, 5.41) is 0. The highest BCUT2D eigenvalue weighted by atomic mass is 16.6. The second-order valence-corrected chi connectivity index (χ2v) is 4.64. The molecule has 3 heteroatoms. The van der Waals surface area contributed by atoms with E-state index >= 15 is 0 Å². The van der Waals surface area contributed by atoms with Gasteiger partial charge < -0.3 is 9.64 Å². The van der Waals surface area contributed by atoms with Crippen molar-refractivity contribution in [2.24, 2.45) is 11.3 Å². The Morgan fingerprint density at radius 2 is 2.00 bits per heavy atom. The number of likely N-dealkylation sites (tertiary alicyclic amines) is 1. The maximum absolute atomic E-state index is 11.3. The Balaban J connectivity index is 2.33. The number of carbonyl (C=O) groups excluding carboxylic acids is 1. The van der Waals surface area contributed by atoms with E-state index in [9.17, 15) is 4.79 Å². The number of hydrogen-bond acceptors (Lipinski definition) is 2. The Morgan fingerprint density at radius 3 is 2.43 bits per heavy atom. The van der Waals surface area contributed by atoms with Crippen LogP contribution in [0.5, 0.6) is 0 Å². The zero-order valence-electron chi connectivity index (χ0n) is 9.67. The molecule has 0 unspecified atom stereocenters. The summed E-state index contributed by atoms with van der Waals surface area (Å²) in [5.41, 5.74) is 0.350. The minimum absolute atomic E-state index is 0.157. The van der Waals surface area contributed by atoms with E-state index in [1.165, 1.54) is 0 Å². The molecule has 1 amide bonds. The maximum atomic E-state index is 11.3. The Bertz CT molecular complexity index is 207. The van der Waals surface area contributed by atoms with Crippen LogP contribution in [0.1, 0.15) is 34.1 Å². The summed E-state index contributed by atoms with van der Waals surface area (Å²) in [4.78, 5) is 13.1. The molecule has 1 saturated heterocycles. The fraction of sp³-hybridized carbons (Fsp3) is 0.909. The molecule has 14 heavy (non-hydrogen) atoms. The van der Waals surface area contributed by atoms with Crippen molar-refractivity contribution in [3.63, 3.8) is 0 Å². The molecule has 0 spiro atoms. The molecule has 1 aliphatic heterocycles. The van der Waals surface area contributed by atoms with Crippen LogP contribution < -0.4 is 0 Å². The molecule has 1 heterocycles. The number of ether oxygens (including phenoxy) is 1. The van der Waals surface area contributed by atoms with Crippen molar-refractivity contribution < 1.29 is 9.53 Å². The summed E-state index contributed by atoms with van der Waals surface area (Å²) in [6.07, 6.45) is 1.00. The van der Waals surface area contributed by atoms with Gasteiger partial charge in [-0.2, -0.15) is 0 Å². The van der Waals surface area contributed by atoms with E-state index < -0.39 is 0 Å². The van der Waals surface area contributed by atoms with Gasteiger partial charge in [-0.1, -0.05) is 27.2 Å². The van der Waals surface area contributed by atoms with Gasteiger partial charge >= 0.3 is 6.09 Å². The summed E-state index contributed by atoms with van der Waals surface area (Å²) in [5.74, 6) is 0.636. The van der Waals surface area contributed by atoms with Gasteiger partial charge in [0.05, 0.1) is 6.61 Å². The molecule has 0 bridgehead atoms. The molecule has 0 aliphatic carbocycles. The molecule has 1 aliphatic rings. The molecule has 0 radical (unpaired) electrons. The topological polar surface area (TPSA) is 29.5 Å². The van der Waals surface area contributed by atoms with Gasteiger partial charge in [0, 0.05) is 13.1 Å². The van der Waals surface area contributed by atoms with Crippen molar-refractivity contribution in [1.29, 1.82) is 0 Å². The third-order valence-corrected chi connectivity index (χ3v) is 3.42. The number of carbonyl (C=O) groups is 1. The second-order valence-electron chi connectivity index (χ2n) is 4.64. The minimum Gasteiger partial charge on any atom is -0.450 e. The lowest BCUT2D eigenvalue weighted by atomic mass is 9.73.